The van der Waals surface area contributed by atoms with Crippen LogP contribution in [0.25, 0.3) is 11.4 Å². The molecule has 1 aromatic heterocycles. The van der Waals surface area contributed by atoms with Gasteiger partial charge in [-0.2, -0.15) is 4.98 Å². The van der Waals surface area contributed by atoms with Gasteiger partial charge in [0.05, 0.1) is 12.3 Å². The van der Waals surface area contributed by atoms with Crippen molar-refractivity contribution in [1.82, 2.24) is 15.0 Å². The summed E-state index contributed by atoms with van der Waals surface area (Å²) < 4.78 is 5.39. The predicted octanol–water partition coefficient (Wildman–Crippen LogP) is 3.21. The Bertz CT molecular complexity index is 883. The van der Waals surface area contributed by atoms with Gasteiger partial charge in [0.1, 0.15) is 0 Å². The summed E-state index contributed by atoms with van der Waals surface area (Å²) in [6.45, 7) is 3.32. The van der Waals surface area contributed by atoms with Crippen molar-refractivity contribution >= 4 is 5.91 Å². The first-order chi connectivity index (χ1) is 12.2. The molecule has 3 aromatic rings. The first-order valence-corrected chi connectivity index (χ1v) is 8.41. The number of likely N-dealkylation sites (tertiary alicyclic amines) is 1. The molecule has 0 atom stereocenters. The van der Waals surface area contributed by atoms with Gasteiger partial charge >= 0.3 is 0 Å². The SMILES string of the molecule is Cc1cccc(CC(=O)N2CC(c3nc(-c4ccccc4)no3)C2)c1. The van der Waals surface area contributed by atoms with Crippen molar-refractivity contribution in [3.63, 3.8) is 0 Å². The van der Waals surface area contributed by atoms with E-state index in [1.54, 1.807) is 0 Å². The van der Waals surface area contributed by atoms with Gasteiger partial charge in [-0.15, -0.1) is 0 Å². The second-order valence-electron chi connectivity index (χ2n) is 6.48. The first-order valence-electron chi connectivity index (χ1n) is 8.41. The number of benzene rings is 2. The van der Waals surface area contributed by atoms with Crippen molar-refractivity contribution in [1.29, 1.82) is 0 Å². The Kier molecular flexibility index (Phi) is 4.06. The molecular formula is C20H19N3O2. The molecule has 2 heterocycles. The summed E-state index contributed by atoms with van der Waals surface area (Å²) in [5.74, 6) is 1.48. The molecule has 0 aliphatic carbocycles. The lowest BCUT2D eigenvalue weighted by atomic mass is 9.98. The van der Waals surface area contributed by atoms with Gasteiger partial charge in [-0.25, -0.2) is 0 Å². The van der Waals surface area contributed by atoms with Crippen molar-refractivity contribution in [2.24, 2.45) is 0 Å². The van der Waals surface area contributed by atoms with Crippen LogP contribution in [0.4, 0.5) is 0 Å². The van der Waals surface area contributed by atoms with E-state index in [1.165, 1.54) is 5.56 Å². The van der Waals surface area contributed by atoms with Crippen molar-refractivity contribution in [3.05, 3.63) is 71.6 Å². The number of carbonyl (C=O) groups excluding carboxylic acids is 1. The molecule has 1 aliphatic heterocycles. The minimum Gasteiger partial charge on any atom is -0.341 e. The zero-order valence-corrected chi connectivity index (χ0v) is 14.1. The largest absolute Gasteiger partial charge is 0.341 e. The Morgan fingerprint density at radius 2 is 1.96 bits per heavy atom. The maximum Gasteiger partial charge on any atom is 0.233 e. The highest BCUT2D eigenvalue weighted by Gasteiger charge is 2.35. The van der Waals surface area contributed by atoms with Gasteiger partial charge in [0.15, 0.2) is 0 Å². The van der Waals surface area contributed by atoms with E-state index < -0.39 is 0 Å². The van der Waals surface area contributed by atoms with Crippen LogP contribution in [-0.2, 0) is 11.2 Å². The van der Waals surface area contributed by atoms with Crippen LogP contribution in [0, 0.1) is 6.92 Å². The average Bonchev–Trinajstić information content (AvgIpc) is 3.04. The van der Waals surface area contributed by atoms with Crippen molar-refractivity contribution < 1.29 is 9.32 Å². The summed E-state index contributed by atoms with van der Waals surface area (Å²) >= 11 is 0. The second-order valence-corrected chi connectivity index (χ2v) is 6.48. The quantitative estimate of drug-likeness (QED) is 0.735. The molecule has 5 nitrogen and oxygen atoms in total. The molecule has 1 saturated heterocycles. The zero-order valence-electron chi connectivity index (χ0n) is 14.1. The summed E-state index contributed by atoms with van der Waals surface area (Å²) in [5.41, 5.74) is 3.16. The van der Waals surface area contributed by atoms with Crippen LogP contribution >= 0.6 is 0 Å². The minimum atomic E-state index is 0.131. The predicted molar refractivity (Wildman–Crippen MR) is 93.9 cm³/mol. The first kappa shape index (κ1) is 15.6. The summed E-state index contributed by atoms with van der Waals surface area (Å²) in [5, 5.41) is 4.05. The number of hydrogen-bond acceptors (Lipinski definition) is 4. The van der Waals surface area contributed by atoms with Gasteiger partial charge in [0.2, 0.25) is 17.6 Å². The van der Waals surface area contributed by atoms with Gasteiger partial charge < -0.3 is 9.42 Å². The van der Waals surface area contributed by atoms with Crippen molar-refractivity contribution in [2.45, 2.75) is 19.3 Å². The standard InChI is InChI=1S/C20H19N3O2/c1-14-6-5-7-15(10-14)11-18(24)23-12-17(13-23)20-21-19(22-25-20)16-8-3-2-4-9-16/h2-10,17H,11-13H2,1H3. The van der Waals surface area contributed by atoms with Crippen LogP contribution in [0.5, 0.6) is 0 Å². The number of carbonyl (C=O) groups is 1. The highest BCUT2D eigenvalue weighted by molar-refractivity contribution is 5.79. The molecule has 1 amide bonds. The summed E-state index contributed by atoms with van der Waals surface area (Å²) in [7, 11) is 0. The maximum atomic E-state index is 12.4. The third-order valence-corrected chi connectivity index (χ3v) is 4.50. The molecule has 0 radical (unpaired) electrons. The third-order valence-electron chi connectivity index (χ3n) is 4.50. The Labute approximate surface area is 146 Å². The molecule has 4 rings (SSSR count). The molecule has 0 bridgehead atoms. The van der Waals surface area contributed by atoms with Gasteiger partial charge in [-0.05, 0) is 12.5 Å². The molecular weight excluding hydrogens is 314 g/mol. The van der Waals surface area contributed by atoms with Crippen molar-refractivity contribution in [3.8, 4) is 11.4 Å². The van der Waals surface area contributed by atoms with Gasteiger partial charge in [0.25, 0.3) is 0 Å². The fraction of sp³-hybridized carbons (Fsp3) is 0.250. The highest BCUT2D eigenvalue weighted by atomic mass is 16.5. The van der Waals surface area contributed by atoms with Crippen LogP contribution in [-0.4, -0.2) is 34.0 Å². The molecule has 5 heteroatoms. The number of nitrogens with zero attached hydrogens (tertiary/aromatic N) is 3. The number of aromatic nitrogens is 2. The minimum absolute atomic E-state index is 0.131. The normalized spacial score (nSPS) is 14.4. The van der Waals surface area contributed by atoms with Gasteiger partial charge in [0, 0.05) is 18.7 Å². The molecule has 0 N–H and O–H groups in total. The Hall–Kier alpha value is -2.95. The summed E-state index contributed by atoms with van der Waals surface area (Å²) in [4.78, 5) is 18.7. The lowest BCUT2D eigenvalue weighted by molar-refractivity contribution is -0.135. The molecule has 126 valence electrons. The summed E-state index contributed by atoms with van der Waals surface area (Å²) in [6.07, 6.45) is 0.438. The van der Waals surface area contributed by atoms with E-state index in [9.17, 15) is 4.79 Å². The molecule has 1 aliphatic rings. The van der Waals surface area contributed by atoms with Crippen LogP contribution in [0.15, 0.2) is 59.1 Å². The molecule has 1 fully saturated rings. The van der Waals surface area contributed by atoms with Crippen LogP contribution in [0.3, 0.4) is 0 Å². The number of rotatable bonds is 4. The Morgan fingerprint density at radius 3 is 2.72 bits per heavy atom. The fourth-order valence-electron chi connectivity index (χ4n) is 3.05. The Morgan fingerprint density at radius 1 is 1.16 bits per heavy atom. The molecule has 0 unspecified atom stereocenters. The topological polar surface area (TPSA) is 59.2 Å². The number of hydrogen-bond donors (Lipinski definition) is 0. The molecule has 25 heavy (non-hydrogen) atoms. The lowest BCUT2D eigenvalue weighted by Gasteiger charge is -2.37. The zero-order chi connectivity index (χ0) is 17.2. The molecule has 0 spiro atoms. The number of amides is 1. The van der Waals surface area contributed by atoms with E-state index in [4.69, 9.17) is 4.52 Å². The fourth-order valence-corrected chi connectivity index (χ4v) is 3.05. The summed E-state index contributed by atoms with van der Waals surface area (Å²) in [6, 6.07) is 17.8. The third kappa shape index (κ3) is 3.31. The van der Waals surface area contributed by atoms with E-state index >= 15 is 0 Å². The van der Waals surface area contributed by atoms with E-state index in [1.807, 2.05) is 60.4 Å². The number of aryl methyl sites for hydroxylation is 1. The van der Waals surface area contributed by atoms with E-state index in [2.05, 4.69) is 16.2 Å². The van der Waals surface area contributed by atoms with Gasteiger partial charge in [-0.3, -0.25) is 4.79 Å². The lowest BCUT2D eigenvalue weighted by Crippen LogP contribution is -2.49. The second kappa shape index (κ2) is 6.51. The van der Waals surface area contributed by atoms with E-state index in [-0.39, 0.29) is 11.8 Å². The van der Waals surface area contributed by atoms with E-state index in [0.717, 1.165) is 11.1 Å². The molecule has 2 aromatic carbocycles. The van der Waals surface area contributed by atoms with Gasteiger partial charge in [-0.1, -0.05) is 65.3 Å². The Balaban J connectivity index is 1.36. The molecule has 0 saturated carbocycles. The van der Waals surface area contributed by atoms with Crippen LogP contribution in [0.2, 0.25) is 0 Å². The average molecular weight is 333 g/mol. The maximum absolute atomic E-state index is 12.4. The van der Waals surface area contributed by atoms with Crippen LogP contribution in [0.1, 0.15) is 22.9 Å². The van der Waals surface area contributed by atoms with E-state index in [0.29, 0.717) is 31.2 Å². The van der Waals surface area contributed by atoms with Crippen molar-refractivity contribution in [2.75, 3.05) is 13.1 Å². The highest BCUT2D eigenvalue weighted by Crippen LogP contribution is 2.28. The van der Waals surface area contributed by atoms with Crippen LogP contribution < -0.4 is 0 Å². The smallest absolute Gasteiger partial charge is 0.233 e. The monoisotopic (exact) mass is 333 g/mol.